The Bertz CT molecular complexity index is 381. The Morgan fingerprint density at radius 1 is 1.50 bits per heavy atom. The summed E-state index contributed by atoms with van der Waals surface area (Å²) in [4.78, 5) is 13.1. The van der Waals surface area contributed by atoms with E-state index in [0.717, 1.165) is 50.5 Å². The van der Waals surface area contributed by atoms with E-state index in [9.17, 15) is 0 Å². The Balaban J connectivity index is 2.11. The number of aromatic nitrogens is 2. The highest BCUT2D eigenvalue weighted by molar-refractivity contribution is 5.50. The first-order chi connectivity index (χ1) is 8.70. The summed E-state index contributed by atoms with van der Waals surface area (Å²) >= 11 is 0. The van der Waals surface area contributed by atoms with E-state index in [4.69, 9.17) is 5.73 Å². The third-order valence-electron chi connectivity index (χ3n) is 3.37. The largest absolute Gasteiger partial charge is 0.360 e. The van der Waals surface area contributed by atoms with Crippen LogP contribution >= 0.6 is 0 Å². The van der Waals surface area contributed by atoms with Crippen LogP contribution in [0.5, 0.6) is 0 Å². The van der Waals surface area contributed by atoms with Gasteiger partial charge in [-0.2, -0.15) is 0 Å². The average Bonchev–Trinajstić information content (AvgIpc) is 2.39. The first-order valence-electron chi connectivity index (χ1n) is 6.74. The van der Waals surface area contributed by atoms with Gasteiger partial charge in [-0.25, -0.2) is 9.97 Å². The predicted molar refractivity (Wildman–Crippen MR) is 75.0 cm³/mol. The second kappa shape index (κ2) is 6.00. The molecule has 1 aliphatic heterocycles. The van der Waals surface area contributed by atoms with Gasteiger partial charge in [0, 0.05) is 38.8 Å². The molecule has 0 amide bonds. The van der Waals surface area contributed by atoms with Crippen LogP contribution in [-0.4, -0.2) is 42.7 Å². The van der Waals surface area contributed by atoms with Crippen molar-refractivity contribution < 1.29 is 0 Å². The second-order valence-corrected chi connectivity index (χ2v) is 5.00. The second-order valence-electron chi connectivity index (χ2n) is 5.00. The lowest BCUT2D eigenvalue weighted by Crippen LogP contribution is -2.43. The van der Waals surface area contributed by atoms with Gasteiger partial charge >= 0.3 is 0 Å². The lowest BCUT2D eigenvalue weighted by molar-refractivity contribution is 0.503. The number of piperidine rings is 1. The Morgan fingerprint density at radius 2 is 2.33 bits per heavy atom. The third kappa shape index (κ3) is 3.10. The predicted octanol–water partition coefficient (Wildman–Crippen LogP) is 1.25. The lowest BCUT2D eigenvalue weighted by atomic mass is 10.1. The van der Waals surface area contributed by atoms with E-state index in [1.807, 2.05) is 0 Å². The van der Waals surface area contributed by atoms with Gasteiger partial charge in [-0.05, 0) is 19.3 Å². The number of hydrogen-bond donors (Lipinski definition) is 1. The zero-order chi connectivity index (χ0) is 13.0. The fraction of sp³-hybridized carbons (Fsp3) is 0.692. The van der Waals surface area contributed by atoms with Gasteiger partial charge in [0.15, 0.2) is 0 Å². The normalized spacial score (nSPS) is 19.9. The number of anilines is 2. The van der Waals surface area contributed by atoms with Gasteiger partial charge in [-0.3, -0.25) is 0 Å². The molecule has 1 saturated heterocycles. The van der Waals surface area contributed by atoms with Gasteiger partial charge in [-0.15, -0.1) is 0 Å². The molecule has 0 bridgehead atoms. The molecule has 2 N–H and O–H groups in total. The zero-order valence-corrected chi connectivity index (χ0v) is 11.3. The fourth-order valence-corrected chi connectivity index (χ4v) is 2.39. The van der Waals surface area contributed by atoms with Crippen molar-refractivity contribution in [3.8, 4) is 0 Å². The summed E-state index contributed by atoms with van der Waals surface area (Å²) in [6.45, 7) is 5.12. The van der Waals surface area contributed by atoms with Crippen molar-refractivity contribution in [3.05, 3.63) is 12.4 Å². The molecule has 1 atom stereocenters. The zero-order valence-electron chi connectivity index (χ0n) is 11.3. The summed E-state index contributed by atoms with van der Waals surface area (Å²) in [6, 6.07) is 2.33. The van der Waals surface area contributed by atoms with Crippen LogP contribution in [0.15, 0.2) is 12.4 Å². The molecular weight excluding hydrogens is 226 g/mol. The van der Waals surface area contributed by atoms with Crippen LogP contribution in [0.2, 0.25) is 0 Å². The molecular formula is C13H23N5. The Labute approximate surface area is 109 Å². The maximum absolute atomic E-state index is 6.01. The van der Waals surface area contributed by atoms with Crippen LogP contribution < -0.4 is 15.5 Å². The van der Waals surface area contributed by atoms with E-state index >= 15 is 0 Å². The summed E-state index contributed by atoms with van der Waals surface area (Å²) in [7, 11) is 2.07. The van der Waals surface area contributed by atoms with Gasteiger partial charge < -0.3 is 15.5 Å². The van der Waals surface area contributed by atoms with Gasteiger partial charge in [0.1, 0.15) is 18.0 Å². The maximum atomic E-state index is 6.01. The van der Waals surface area contributed by atoms with Crippen molar-refractivity contribution in [2.24, 2.45) is 5.73 Å². The molecule has 1 fully saturated rings. The van der Waals surface area contributed by atoms with Crippen molar-refractivity contribution in [1.29, 1.82) is 0 Å². The first kappa shape index (κ1) is 13.1. The Hall–Kier alpha value is -1.36. The third-order valence-corrected chi connectivity index (χ3v) is 3.37. The van der Waals surface area contributed by atoms with E-state index in [2.05, 4.69) is 39.8 Å². The first-order valence-corrected chi connectivity index (χ1v) is 6.74. The molecule has 100 valence electrons. The van der Waals surface area contributed by atoms with E-state index < -0.39 is 0 Å². The quantitative estimate of drug-likeness (QED) is 0.870. The molecule has 5 nitrogen and oxygen atoms in total. The maximum Gasteiger partial charge on any atom is 0.134 e. The van der Waals surface area contributed by atoms with Crippen LogP contribution in [0.25, 0.3) is 0 Å². The van der Waals surface area contributed by atoms with Crippen LogP contribution in [-0.2, 0) is 0 Å². The number of nitrogens with zero attached hydrogens (tertiary/aromatic N) is 4. The minimum absolute atomic E-state index is 0.269. The molecule has 1 unspecified atom stereocenters. The average molecular weight is 249 g/mol. The Kier molecular flexibility index (Phi) is 4.36. The van der Waals surface area contributed by atoms with Crippen molar-refractivity contribution in [2.45, 2.75) is 32.2 Å². The molecule has 18 heavy (non-hydrogen) atoms. The van der Waals surface area contributed by atoms with Crippen molar-refractivity contribution in [3.63, 3.8) is 0 Å². The summed E-state index contributed by atoms with van der Waals surface area (Å²) in [6.07, 6.45) is 5.02. The molecule has 1 aromatic rings. The highest BCUT2D eigenvalue weighted by Gasteiger charge is 2.18. The van der Waals surface area contributed by atoms with Crippen molar-refractivity contribution >= 4 is 11.6 Å². The van der Waals surface area contributed by atoms with Crippen LogP contribution in [0.4, 0.5) is 11.6 Å². The SMILES string of the molecule is CCCN(C)c1cc(N2CCCC(N)C2)ncn1. The van der Waals surface area contributed by atoms with Crippen LogP contribution in [0.1, 0.15) is 26.2 Å². The summed E-state index contributed by atoms with van der Waals surface area (Å²) in [5.41, 5.74) is 6.01. The number of rotatable bonds is 4. The van der Waals surface area contributed by atoms with E-state index in [-0.39, 0.29) is 6.04 Å². The number of nitrogens with two attached hydrogens (primary N) is 1. The minimum atomic E-state index is 0.269. The van der Waals surface area contributed by atoms with E-state index in [1.165, 1.54) is 0 Å². The van der Waals surface area contributed by atoms with Gasteiger partial charge in [0.2, 0.25) is 0 Å². The number of hydrogen-bond acceptors (Lipinski definition) is 5. The summed E-state index contributed by atoms with van der Waals surface area (Å²) in [5, 5.41) is 0. The van der Waals surface area contributed by atoms with E-state index in [0.29, 0.717) is 0 Å². The van der Waals surface area contributed by atoms with Gasteiger partial charge in [0.05, 0.1) is 0 Å². The monoisotopic (exact) mass is 249 g/mol. The fourth-order valence-electron chi connectivity index (χ4n) is 2.39. The smallest absolute Gasteiger partial charge is 0.134 e. The molecule has 0 aromatic carbocycles. The standard InChI is InChI=1S/C13H23N5/c1-3-6-17(2)12-8-13(16-10-15-12)18-7-4-5-11(14)9-18/h8,10-11H,3-7,9,14H2,1-2H3. The van der Waals surface area contributed by atoms with E-state index in [1.54, 1.807) is 6.33 Å². The summed E-state index contributed by atoms with van der Waals surface area (Å²) in [5.74, 6) is 1.99. The van der Waals surface area contributed by atoms with Gasteiger partial charge in [-0.1, -0.05) is 6.92 Å². The molecule has 0 saturated carbocycles. The molecule has 2 rings (SSSR count). The molecule has 5 heteroatoms. The van der Waals surface area contributed by atoms with Crippen molar-refractivity contribution in [1.82, 2.24) is 9.97 Å². The lowest BCUT2D eigenvalue weighted by Gasteiger charge is -2.32. The highest BCUT2D eigenvalue weighted by Crippen LogP contribution is 2.20. The molecule has 2 heterocycles. The van der Waals surface area contributed by atoms with Gasteiger partial charge in [0.25, 0.3) is 0 Å². The molecule has 1 aliphatic rings. The van der Waals surface area contributed by atoms with Crippen molar-refractivity contribution in [2.75, 3.05) is 36.5 Å². The van der Waals surface area contributed by atoms with Crippen LogP contribution in [0.3, 0.4) is 0 Å². The molecule has 0 radical (unpaired) electrons. The molecule has 0 aliphatic carbocycles. The molecule has 1 aromatic heterocycles. The van der Waals surface area contributed by atoms with Crippen LogP contribution in [0, 0.1) is 0 Å². The highest BCUT2D eigenvalue weighted by atomic mass is 15.2. The topological polar surface area (TPSA) is 58.3 Å². The Morgan fingerprint density at radius 3 is 3.06 bits per heavy atom. The minimum Gasteiger partial charge on any atom is -0.360 e. The molecule has 0 spiro atoms. The summed E-state index contributed by atoms with van der Waals surface area (Å²) < 4.78 is 0.